The van der Waals surface area contributed by atoms with E-state index in [9.17, 15) is 8.42 Å². The molecule has 1 N–H and O–H groups in total. The highest BCUT2D eigenvalue weighted by Gasteiger charge is 2.31. The Balaban J connectivity index is 2.09. The fourth-order valence-electron chi connectivity index (χ4n) is 2.80. The van der Waals surface area contributed by atoms with Crippen molar-refractivity contribution in [3.05, 3.63) is 12.0 Å². The number of nitrogens with zero attached hydrogens (tertiary/aromatic N) is 2. The molecule has 0 spiro atoms. The number of aromatic amines is 1. The van der Waals surface area contributed by atoms with Gasteiger partial charge < -0.3 is 4.98 Å². The molecule has 0 radical (unpaired) electrons. The number of hydrogen-bond donors (Lipinski definition) is 1. The lowest BCUT2D eigenvalue weighted by atomic mass is 9.85. The number of aryl methyl sites for hydroxylation is 1. The first-order valence-corrected chi connectivity index (χ1v) is 8.38. The van der Waals surface area contributed by atoms with Crippen molar-refractivity contribution in [3.8, 4) is 0 Å². The van der Waals surface area contributed by atoms with Crippen molar-refractivity contribution in [2.75, 3.05) is 7.05 Å². The van der Waals surface area contributed by atoms with Crippen LogP contribution < -0.4 is 0 Å². The van der Waals surface area contributed by atoms with Crippen LogP contribution in [0.25, 0.3) is 0 Å². The standard InChI is InChI=1S/C13H23N3O2S/c1-4-11-5-7-12(8-6-11)16(3)19(17,18)13-9-14-10(2)15-13/h9,11-12H,4-8H2,1-3H3,(H,14,15). The van der Waals surface area contributed by atoms with Gasteiger partial charge in [-0.1, -0.05) is 13.3 Å². The molecule has 19 heavy (non-hydrogen) atoms. The number of rotatable bonds is 4. The molecule has 5 nitrogen and oxygen atoms in total. The largest absolute Gasteiger partial charge is 0.332 e. The SMILES string of the molecule is CCC1CCC(N(C)S(=O)(=O)c2cnc(C)[nH]2)CC1. The predicted octanol–water partition coefficient (Wildman–Crippen LogP) is 2.31. The lowest BCUT2D eigenvalue weighted by molar-refractivity contribution is 0.232. The van der Waals surface area contributed by atoms with Crippen LogP contribution >= 0.6 is 0 Å². The highest BCUT2D eigenvalue weighted by Crippen LogP contribution is 2.31. The van der Waals surface area contributed by atoms with Crippen LogP contribution in [-0.4, -0.2) is 35.8 Å². The van der Waals surface area contributed by atoms with E-state index in [0.29, 0.717) is 5.82 Å². The van der Waals surface area contributed by atoms with E-state index in [0.717, 1.165) is 31.6 Å². The maximum absolute atomic E-state index is 12.5. The van der Waals surface area contributed by atoms with E-state index in [-0.39, 0.29) is 11.1 Å². The summed E-state index contributed by atoms with van der Waals surface area (Å²) in [5, 5.41) is 0.199. The second kappa shape index (κ2) is 5.63. The number of H-pyrrole nitrogens is 1. The molecule has 0 aromatic carbocycles. The monoisotopic (exact) mass is 285 g/mol. The molecule has 0 amide bonds. The second-order valence-electron chi connectivity index (χ2n) is 5.44. The second-order valence-corrected chi connectivity index (χ2v) is 7.40. The summed E-state index contributed by atoms with van der Waals surface area (Å²) >= 11 is 0. The van der Waals surface area contributed by atoms with Gasteiger partial charge in [0, 0.05) is 13.1 Å². The van der Waals surface area contributed by atoms with Gasteiger partial charge in [-0.25, -0.2) is 13.4 Å². The van der Waals surface area contributed by atoms with Gasteiger partial charge in [0.1, 0.15) is 5.82 Å². The number of imidazole rings is 1. The molecule has 0 saturated heterocycles. The van der Waals surface area contributed by atoms with E-state index in [1.807, 2.05) is 0 Å². The van der Waals surface area contributed by atoms with E-state index < -0.39 is 10.0 Å². The molecule has 0 atom stereocenters. The predicted molar refractivity (Wildman–Crippen MR) is 74.3 cm³/mol. The van der Waals surface area contributed by atoms with Crippen molar-refractivity contribution >= 4 is 10.0 Å². The summed E-state index contributed by atoms with van der Waals surface area (Å²) in [5.41, 5.74) is 0. The molecule has 2 rings (SSSR count). The van der Waals surface area contributed by atoms with Gasteiger partial charge in [0.15, 0.2) is 5.03 Å². The third-order valence-electron chi connectivity index (χ3n) is 4.24. The van der Waals surface area contributed by atoms with Gasteiger partial charge in [0.05, 0.1) is 6.20 Å². The summed E-state index contributed by atoms with van der Waals surface area (Å²) in [5.74, 6) is 1.39. The van der Waals surface area contributed by atoms with E-state index in [1.165, 1.54) is 16.9 Å². The molecule has 1 aromatic heterocycles. The van der Waals surface area contributed by atoms with Crippen LogP contribution in [0.5, 0.6) is 0 Å². The van der Waals surface area contributed by atoms with Crippen LogP contribution in [0.4, 0.5) is 0 Å². The van der Waals surface area contributed by atoms with E-state index in [4.69, 9.17) is 0 Å². The van der Waals surface area contributed by atoms with Gasteiger partial charge in [-0.15, -0.1) is 0 Å². The summed E-state index contributed by atoms with van der Waals surface area (Å²) in [7, 11) is -1.74. The number of hydrogen-bond acceptors (Lipinski definition) is 3. The van der Waals surface area contributed by atoms with Gasteiger partial charge >= 0.3 is 0 Å². The minimum Gasteiger partial charge on any atom is -0.332 e. The lowest BCUT2D eigenvalue weighted by Gasteiger charge is -2.33. The Bertz CT molecular complexity index is 516. The number of aromatic nitrogens is 2. The molecule has 1 saturated carbocycles. The summed E-state index contributed by atoms with van der Waals surface area (Å²) < 4.78 is 26.4. The van der Waals surface area contributed by atoms with Crippen molar-refractivity contribution in [1.29, 1.82) is 0 Å². The topological polar surface area (TPSA) is 66.1 Å². The first-order chi connectivity index (χ1) is 8.95. The zero-order chi connectivity index (χ0) is 14.0. The van der Waals surface area contributed by atoms with Crippen molar-refractivity contribution in [2.45, 2.75) is 57.0 Å². The van der Waals surface area contributed by atoms with Gasteiger partial charge in [-0.2, -0.15) is 4.31 Å². The van der Waals surface area contributed by atoms with Crippen molar-refractivity contribution in [3.63, 3.8) is 0 Å². The zero-order valence-corrected chi connectivity index (χ0v) is 12.7. The Morgan fingerprint density at radius 2 is 2.00 bits per heavy atom. The summed E-state index contributed by atoms with van der Waals surface area (Å²) in [6.07, 6.45) is 6.77. The minimum atomic E-state index is -3.43. The molecule has 0 aliphatic heterocycles. The van der Waals surface area contributed by atoms with Crippen molar-refractivity contribution < 1.29 is 8.42 Å². The van der Waals surface area contributed by atoms with Crippen LogP contribution in [0.15, 0.2) is 11.2 Å². The first-order valence-electron chi connectivity index (χ1n) is 6.94. The Labute approximate surface area is 115 Å². The quantitative estimate of drug-likeness (QED) is 0.923. The van der Waals surface area contributed by atoms with Crippen molar-refractivity contribution in [1.82, 2.24) is 14.3 Å². The molecule has 0 bridgehead atoms. The molecule has 1 aromatic rings. The molecule has 108 valence electrons. The fourth-order valence-corrected chi connectivity index (χ4v) is 4.17. The minimum absolute atomic E-state index is 0.122. The third kappa shape index (κ3) is 3.00. The van der Waals surface area contributed by atoms with Crippen LogP contribution in [0.3, 0.4) is 0 Å². The summed E-state index contributed by atoms with van der Waals surface area (Å²) in [6, 6.07) is 0.122. The van der Waals surface area contributed by atoms with Crippen LogP contribution in [0.1, 0.15) is 44.9 Å². The molecule has 1 aliphatic carbocycles. The van der Waals surface area contributed by atoms with Gasteiger partial charge in [0.2, 0.25) is 0 Å². The number of sulfonamides is 1. The van der Waals surface area contributed by atoms with Gasteiger partial charge in [-0.3, -0.25) is 0 Å². The normalized spacial score (nSPS) is 24.8. The molecule has 0 unspecified atom stereocenters. The zero-order valence-electron chi connectivity index (χ0n) is 11.9. The average molecular weight is 285 g/mol. The average Bonchev–Trinajstić information content (AvgIpc) is 2.85. The molecule has 1 heterocycles. The molecule has 6 heteroatoms. The smallest absolute Gasteiger partial charge is 0.260 e. The fraction of sp³-hybridized carbons (Fsp3) is 0.769. The lowest BCUT2D eigenvalue weighted by Crippen LogP contribution is -2.39. The van der Waals surface area contributed by atoms with E-state index in [1.54, 1.807) is 14.0 Å². The maximum atomic E-state index is 12.5. The summed E-state index contributed by atoms with van der Waals surface area (Å²) in [4.78, 5) is 6.79. The highest BCUT2D eigenvalue weighted by molar-refractivity contribution is 7.89. The third-order valence-corrected chi connectivity index (χ3v) is 6.06. The molecule has 1 aliphatic rings. The van der Waals surface area contributed by atoms with Gasteiger partial charge in [0.25, 0.3) is 10.0 Å². The Kier molecular flexibility index (Phi) is 4.30. The molecular formula is C13H23N3O2S. The Morgan fingerprint density at radius 3 is 2.47 bits per heavy atom. The van der Waals surface area contributed by atoms with Crippen molar-refractivity contribution in [2.24, 2.45) is 5.92 Å². The van der Waals surface area contributed by atoms with Gasteiger partial charge in [-0.05, 0) is 38.5 Å². The molecule has 1 fully saturated rings. The van der Waals surface area contributed by atoms with Crippen LogP contribution in [0, 0.1) is 12.8 Å². The van der Waals surface area contributed by atoms with Crippen LogP contribution in [-0.2, 0) is 10.0 Å². The summed E-state index contributed by atoms with van der Waals surface area (Å²) in [6.45, 7) is 3.96. The first kappa shape index (κ1) is 14.5. The highest BCUT2D eigenvalue weighted by atomic mass is 32.2. The number of nitrogens with one attached hydrogen (secondary N) is 1. The Morgan fingerprint density at radius 1 is 1.37 bits per heavy atom. The Hall–Kier alpha value is -0.880. The van der Waals surface area contributed by atoms with E-state index in [2.05, 4.69) is 16.9 Å². The van der Waals surface area contributed by atoms with Crippen LogP contribution in [0.2, 0.25) is 0 Å². The maximum Gasteiger partial charge on any atom is 0.260 e. The van der Waals surface area contributed by atoms with E-state index >= 15 is 0 Å². The molecular weight excluding hydrogens is 262 g/mol.